The van der Waals surface area contributed by atoms with Gasteiger partial charge in [0, 0.05) is 39.5 Å². The molecule has 2 aromatic rings. The molecule has 1 aromatic heterocycles. The number of aryl methyl sites for hydroxylation is 1. The summed E-state index contributed by atoms with van der Waals surface area (Å²) < 4.78 is 12.4. The quantitative estimate of drug-likeness (QED) is 0.359. The van der Waals surface area contributed by atoms with Gasteiger partial charge in [-0.15, -0.1) is 0 Å². The summed E-state index contributed by atoms with van der Waals surface area (Å²) in [5, 5.41) is 11.0. The zero-order valence-electron chi connectivity index (χ0n) is 16.6. The Morgan fingerprint density at radius 2 is 1.93 bits per heavy atom. The molecule has 27 heavy (non-hydrogen) atoms. The number of rotatable bonds is 11. The number of hydrogen-bond donors (Lipinski definition) is 2. The number of ether oxygens (including phenoxy) is 2. The molecule has 0 radical (unpaired) electrons. The molecule has 0 aliphatic rings. The van der Waals surface area contributed by atoms with Crippen molar-refractivity contribution in [3.05, 3.63) is 47.8 Å². The molecular weight excluding hydrogens is 342 g/mol. The lowest BCUT2D eigenvalue weighted by Gasteiger charge is -2.12. The predicted molar refractivity (Wildman–Crippen MR) is 108 cm³/mol. The fourth-order valence-electron chi connectivity index (χ4n) is 2.53. The van der Waals surface area contributed by atoms with Gasteiger partial charge in [0.2, 0.25) is 0 Å². The van der Waals surface area contributed by atoms with Crippen LogP contribution < -0.4 is 15.4 Å². The zero-order valence-corrected chi connectivity index (χ0v) is 16.6. The molecule has 0 amide bonds. The average molecular weight is 374 g/mol. The van der Waals surface area contributed by atoms with Crippen molar-refractivity contribution in [1.82, 2.24) is 20.4 Å². The minimum Gasteiger partial charge on any atom is -0.497 e. The predicted octanol–water partition coefficient (Wildman–Crippen LogP) is 2.13. The van der Waals surface area contributed by atoms with E-state index in [1.165, 1.54) is 5.56 Å². The number of nitrogens with zero attached hydrogens (tertiary/aromatic N) is 3. The number of aromatic nitrogens is 2. The van der Waals surface area contributed by atoms with Crippen LogP contribution in [-0.2, 0) is 24.8 Å². The lowest BCUT2D eigenvalue weighted by molar-refractivity contribution is 0.145. The summed E-state index contributed by atoms with van der Waals surface area (Å²) in [6.07, 6.45) is 5.77. The Hall–Kier alpha value is -2.54. The first-order chi connectivity index (χ1) is 13.2. The lowest BCUT2D eigenvalue weighted by atomic mass is 10.2. The van der Waals surface area contributed by atoms with E-state index in [-0.39, 0.29) is 0 Å². The van der Waals surface area contributed by atoms with Crippen LogP contribution in [0.5, 0.6) is 5.75 Å². The second kappa shape index (κ2) is 12.0. The highest BCUT2D eigenvalue weighted by Crippen LogP contribution is 2.11. The summed E-state index contributed by atoms with van der Waals surface area (Å²) in [6.45, 7) is 5.74. The minimum absolute atomic E-state index is 0.609. The molecule has 7 heteroatoms. The van der Waals surface area contributed by atoms with Gasteiger partial charge >= 0.3 is 0 Å². The molecule has 1 heterocycles. The molecule has 2 N–H and O–H groups in total. The van der Waals surface area contributed by atoms with Crippen molar-refractivity contribution < 1.29 is 9.47 Å². The normalized spacial score (nSPS) is 11.4. The average Bonchev–Trinajstić information content (AvgIpc) is 3.11. The van der Waals surface area contributed by atoms with E-state index in [4.69, 9.17) is 14.5 Å². The first kappa shape index (κ1) is 20.8. The van der Waals surface area contributed by atoms with E-state index < -0.39 is 0 Å². The van der Waals surface area contributed by atoms with Gasteiger partial charge in [-0.2, -0.15) is 5.10 Å². The van der Waals surface area contributed by atoms with Gasteiger partial charge in [-0.3, -0.25) is 4.68 Å². The van der Waals surface area contributed by atoms with E-state index >= 15 is 0 Å². The molecule has 1 aromatic carbocycles. The number of guanidine groups is 1. The van der Waals surface area contributed by atoms with Gasteiger partial charge < -0.3 is 20.1 Å². The smallest absolute Gasteiger partial charge is 0.191 e. The van der Waals surface area contributed by atoms with Gasteiger partial charge in [0.05, 0.1) is 19.9 Å². The second-order valence-electron chi connectivity index (χ2n) is 6.19. The Morgan fingerprint density at radius 1 is 1.15 bits per heavy atom. The third kappa shape index (κ3) is 8.13. The molecule has 0 aliphatic carbocycles. The maximum absolute atomic E-state index is 5.39. The summed E-state index contributed by atoms with van der Waals surface area (Å²) >= 11 is 0. The topological polar surface area (TPSA) is 72.7 Å². The molecule has 0 atom stereocenters. The molecule has 0 saturated carbocycles. The second-order valence-corrected chi connectivity index (χ2v) is 6.19. The van der Waals surface area contributed by atoms with Crippen LogP contribution in [0.25, 0.3) is 0 Å². The minimum atomic E-state index is 0.609. The van der Waals surface area contributed by atoms with Crippen LogP contribution in [-0.4, -0.2) is 49.2 Å². The van der Waals surface area contributed by atoms with Gasteiger partial charge in [0.1, 0.15) is 5.75 Å². The fourth-order valence-corrected chi connectivity index (χ4v) is 2.53. The van der Waals surface area contributed by atoms with E-state index in [9.17, 15) is 0 Å². The van der Waals surface area contributed by atoms with Gasteiger partial charge in [-0.25, -0.2) is 4.99 Å². The maximum atomic E-state index is 5.39. The van der Waals surface area contributed by atoms with Crippen molar-refractivity contribution in [2.75, 3.05) is 33.4 Å². The molecular formula is C20H31N5O2. The van der Waals surface area contributed by atoms with Crippen LogP contribution in [0.15, 0.2) is 41.7 Å². The highest BCUT2D eigenvalue weighted by Gasteiger charge is 2.01. The van der Waals surface area contributed by atoms with Crippen LogP contribution in [0.3, 0.4) is 0 Å². The van der Waals surface area contributed by atoms with Crippen molar-refractivity contribution in [1.29, 1.82) is 0 Å². The van der Waals surface area contributed by atoms with Crippen LogP contribution in [0.1, 0.15) is 24.5 Å². The summed E-state index contributed by atoms with van der Waals surface area (Å²) in [5.74, 6) is 1.66. The highest BCUT2D eigenvalue weighted by atomic mass is 16.5. The third-order valence-electron chi connectivity index (χ3n) is 4.01. The Balaban J connectivity index is 1.86. The Kier molecular flexibility index (Phi) is 9.20. The number of benzene rings is 1. The Morgan fingerprint density at radius 3 is 2.59 bits per heavy atom. The van der Waals surface area contributed by atoms with Gasteiger partial charge in [0.25, 0.3) is 0 Å². The van der Waals surface area contributed by atoms with Crippen LogP contribution >= 0.6 is 0 Å². The van der Waals surface area contributed by atoms with Gasteiger partial charge in [0.15, 0.2) is 5.96 Å². The van der Waals surface area contributed by atoms with E-state index in [2.05, 4.69) is 15.7 Å². The fraction of sp³-hybridized carbons (Fsp3) is 0.500. The van der Waals surface area contributed by atoms with Crippen molar-refractivity contribution in [3.8, 4) is 5.75 Å². The van der Waals surface area contributed by atoms with Crippen molar-refractivity contribution in [3.63, 3.8) is 0 Å². The van der Waals surface area contributed by atoms with E-state index in [0.29, 0.717) is 6.54 Å². The highest BCUT2D eigenvalue weighted by molar-refractivity contribution is 5.79. The molecule has 0 fully saturated rings. The summed E-state index contributed by atoms with van der Waals surface area (Å²) in [6, 6.07) is 7.97. The SMILES string of the molecule is CCOCCCNC(=NCc1ccc(OC)cc1)NCCc1cnn(C)c1. The first-order valence-electron chi connectivity index (χ1n) is 9.41. The van der Waals surface area contributed by atoms with Crippen LogP contribution in [0, 0.1) is 0 Å². The molecule has 0 spiro atoms. The molecule has 0 bridgehead atoms. The summed E-state index contributed by atoms with van der Waals surface area (Å²) in [7, 11) is 3.60. The van der Waals surface area contributed by atoms with Crippen molar-refractivity contribution in [2.24, 2.45) is 12.0 Å². The Bertz CT molecular complexity index is 682. The molecule has 2 rings (SSSR count). The largest absolute Gasteiger partial charge is 0.497 e. The summed E-state index contributed by atoms with van der Waals surface area (Å²) in [4.78, 5) is 4.70. The number of methoxy groups -OCH3 is 1. The molecule has 0 aliphatic heterocycles. The van der Waals surface area contributed by atoms with Crippen LogP contribution in [0.4, 0.5) is 0 Å². The van der Waals surface area contributed by atoms with Gasteiger partial charge in [-0.05, 0) is 43.0 Å². The summed E-state index contributed by atoms with van der Waals surface area (Å²) in [5.41, 5.74) is 2.34. The van der Waals surface area contributed by atoms with Crippen molar-refractivity contribution in [2.45, 2.75) is 26.3 Å². The van der Waals surface area contributed by atoms with Gasteiger partial charge in [-0.1, -0.05) is 12.1 Å². The molecule has 0 unspecified atom stereocenters. The zero-order chi connectivity index (χ0) is 19.3. The molecule has 148 valence electrons. The van der Waals surface area contributed by atoms with E-state index in [0.717, 1.165) is 56.4 Å². The molecule has 7 nitrogen and oxygen atoms in total. The lowest BCUT2D eigenvalue weighted by Crippen LogP contribution is -2.39. The van der Waals surface area contributed by atoms with E-state index in [1.54, 1.807) is 7.11 Å². The third-order valence-corrected chi connectivity index (χ3v) is 4.01. The standard InChI is InChI=1S/C20H31N5O2/c1-4-27-13-5-11-21-20(22-12-10-18-15-24-25(2)16-18)23-14-17-6-8-19(26-3)9-7-17/h6-9,15-16H,4-5,10-14H2,1-3H3,(H2,21,22,23). The molecule has 0 saturated heterocycles. The Labute approximate surface area is 161 Å². The number of aliphatic imine (C=N–C) groups is 1. The van der Waals surface area contributed by atoms with Crippen molar-refractivity contribution >= 4 is 5.96 Å². The first-order valence-corrected chi connectivity index (χ1v) is 9.41. The number of hydrogen-bond acceptors (Lipinski definition) is 4. The number of nitrogens with one attached hydrogen (secondary N) is 2. The maximum Gasteiger partial charge on any atom is 0.191 e. The van der Waals surface area contributed by atoms with Crippen LogP contribution in [0.2, 0.25) is 0 Å². The van der Waals surface area contributed by atoms with E-state index in [1.807, 2.05) is 55.3 Å². The monoisotopic (exact) mass is 373 g/mol.